The largest absolute Gasteiger partial charge is 0.259 e. The third-order valence-electron chi connectivity index (χ3n) is 1.74. The molecular formula is C9H8BrClN2. The van der Waals surface area contributed by atoms with Crippen LogP contribution in [0.25, 0.3) is 0 Å². The fourth-order valence-electron chi connectivity index (χ4n) is 0.931. The van der Waals surface area contributed by atoms with Crippen LogP contribution in [0.4, 0.5) is 0 Å². The van der Waals surface area contributed by atoms with E-state index >= 15 is 0 Å². The zero-order valence-corrected chi connectivity index (χ0v) is 9.43. The second-order valence-electron chi connectivity index (χ2n) is 2.69. The number of hydrogen-bond donors (Lipinski definition) is 0. The lowest BCUT2D eigenvalue weighted by molar-refractivity contribution is 0.920. The van der Waals surface area contributed by atoms with E-state index in [1.54, 1.807) is 6.20 Å². The molecule has 1 aromatic heterocycles. The molecule has 0 aliphatic carbocycles. The summed E-state index contributed by atoms with van der Waals surface area (Å²) in [7, 11) is 0. The lowest BCUT2D eigenvalue weighted by atomic mass is 10.1. The normalized spacial score (nSPS) is 12.2. The molecule has 0 bridgehead atoms. The van der Waals surface area contributed by atoms with Crippen molar-refractivity contribution in [2.75, 3.05) is 5.88 Å². The molecule has 1 atom stereocenters. The summed E-state index contributed by atoms with van der Waals surface area (Å²) in [6, 6.07) is 3.98. The number of alkyl halides is 1. The second-order valence-corrected chi connectivity index (χ2v) is 3.86. The molecule has 0 spiro atoms. The fourth-order valence-corrected chi connectivity index (χ4v) is 1.38. The van der Waals surface area contributed by atoms with E-state index in [2.05, 4.69) is 27.0 Å². The van der Waals surface area contributed by atoms with Gasteiger partial charge in [0.2, 0.25) is 0 Å². The van der Waals surface area contributed by atoms with Crippen LogP contribution in [0.2, 0.25) is 0 Å². The molecule has 0 saturated carbocycles. The standard InChI is InChI=1S/C9H8BrClN2/c1-6-2-9(7(3-11)4-12)13-5-8(6)10/h2,5,7H,3H2,1H3. The molecule has 0 aliphatic rings. The average molecular weight is 260 g/mol. The maximum atomic E-state index is 8.75. The Morgan fingerprint density at radius 2 is 2.46 bits per heavy atom. The number of pyridine rings is 1. The molecule has 13 heavy (non-hydrogen) atoms. The summed E-state index contributed by atoms with van der Waals surface area (Å²) < 4.78 is 0.947. The van der Waals surface area contributed by atoms with Crippen molar-refractivity contribution in [3.8, 4) is 6.07 Å². The van der Waals surface area contributed by atoms with Crippen LogP contribution in [0, 0.1) is 18.3 Å². The molecular weight excluding hydrogens is 251 g/mol. The summed E-state index contributed by atoms with van der Waals surface area (Å²) >= 11 is 8.96. The third kappa shape index (κ3) is 2.43. The molecule has 1 unspecified atom stereocenters. The van der Waals surface area contributed by atoms with Crippen molar-refractivity contribution >= 4 is 27.5 Å². The second kappa shape index (κ2) is 4.59. The first-order chi connectivity index (χ1) is 6.19. The maximum absolute atomic E-state index is 8.75. The van der Waals surface area contributed by atoms with E-state index in [0.29, 0.717) is 0 Å². The van der Waals surface area contributed by atoms with Crippen molar-refractivity contribution in [1.82, 2.24) is 4.98 Å². The molecule has 0 saturated heterocycles. The first-order valence-electron chi connectivity index (χ1n) is 3.76. The molecule has 1 aromatic rings. The molecule has 0 aromatic carbocycles. The van der Waals surface area contributed by atoms with Gasteiger partial charge in [0.05, 0.1) is 11.8 Å². The van der Waals surface area contributed by atoms with Crippen molar-refractivity contribution in [3.63, 3.8) is 0 Å². The van der Waals surface area contributed by atoms with Crippen molar-refractivity contribution < 1.29 is 0 Å². The Morgan fingerprint density at radius 3 is 2.92 bits per heavy atom. The predicted octanol–water partition coefficient (Wildman–Crippen LogP) is 3.00. The topological polar surface area (TPSA) is 36.7 Å². The summed E-state index contributed by atoms with van der Waals surface area (Å²) in [4.78, 5) is 4.13. The lowest BCUT2D eigenvalue weighted by Gasteiger charge is -2.05. The highest BCUT2D eigenvalue weighted by Gasteiger charge is 2.11. The van der Waals surface area contributed by atoms with Gasteiger partial charge in [-0.15, -0.1) is 11.6 Å². The zero-order chi connectivity index (χ0) is 9.84. The van der Waals surface area contributed by atoms with Gasteiger partial charge < -0.3 is 0 Å². The van der Waals surface area contributed by atoms with Crippen molar-refractivity contribution in [2.45, 2.75) is 12.8 Å². The number of halogens is 2. The van der Waals surface area contributed by atoms with Crippen LogP contribution in [0.5, 0.6) is 0 Å². The van der Waals surface area contributed by atoms with Crippen LogP contribution in [0.3, 0.4) is 0 Å². The number of aryl methyl sites for hydroxylation is 1. The molecule has 0 aliphatic heterocycles. The Kier molecular flexibility index (Phi) is 3.71. The van der Waals surface area contributed by atoms with Gasteiger partial charge in [0.1, 0.15) is 5.92 Å². The molecule has 0 N–H and O–H groups in total. The van der Waals surface area contributed by atoms with Crippen LogP contribution in [-0.4, -0.2) is 10.9 Å². The summed E-state index contributed by atoms with van der Waals surface area (Å²) in [5, 5.41) is 8.75. The summed E-state index contributed by atoms with van der Waals surface area (Å²) in [5.41, 5.74) is 1.80. The van der Waals surface area contributed by atoms with Crippen molar-refractivity contribution in [1.29, 1.82) is 5.26 Å². The van der Waals surface area contributed by atoms with E-state index in [1.165, 1.54) is 0 Å². The SMILES string of the molecule is Cc1cc(C(C#N)CCl)ncc1Br. The van der Waals surface area contributed by atoms with E-state index in [9.17, 15) is 0 Å². The summed E-state index contributed by atoms with van der Waals surface area (Å²) in [5.74, 6) is -0.0293. The number of nitriles is 1. The van der Waals surface area contributed by atoms with Gasteiger partial charge >= 0.3 is 0 Å². The van der Waals surface area contributed by atoms with Gasteiger partial charge in [-0.1, -0.05) is 0 Å². The molecule has 1 rings (SSSR count). The van der Waals surface area contributed by atoms with Crippen LogP contribution in [-0.2, 0) is 0 Å². The van der Waals surface area contributed by atoms with Crippen LogP contribution in [0.1, 0.15) is 17.2 Å². The quantitative estimate of drug-likeness (QED) is 0.766. The van der Waals surface area contributed by atoms with Gasteiger partial charge in [-0.05, 0) is 34.5 Å². The molecule has 1 heterocycles. The monoisotopic (exact) mass is 258 g/mol. The summed E-state index contributed by atoms with van der Waals surface area (Å²) in [6.45, 7) is 1.96. The van der Waals surface area contributed by atoms with E-state index < -0.39 is 0 Å². The van der Waals surface area contributed by atoms with Gasteiger partial charge in [0.15, 0.2) is 0 Å². The third-order valence-corrected chi connectivity index (χ3v) is 2.87. The minimum Gasteiger partial charge on any atom is -0.259 e. The molecule has 4 heteroatoms. The average Bonchev–Trinajstić information content (AvgIpc) is 2.13. The van der Waals surface area contributed by atoms with Gasteiger partial charge in [0, 0.05) is 16.5 Å². The number of rotatable bonds is 2. The number of aromatic nitrogens is 1. The zero-order valence-electron chi connectivity index (χ0n) is 7.09. The number of nitrogens with zero attached hydrogens (tertiary/aromatic N) is 2. The molecule has 0 amide bonds. The van der Waals surface area contributed by atoms with Crippen LogP contribution in [0.15, 0.2) is 16.7 Å². The number of hydrogen-bond acceptors (Lipinski definition) is 2. The van der Waals surface area contributed by atoms with Crippen molar-refractivity contribution in [2.24, 2.45) is 0 Å². The first-order valence-corrected chi connectivity index (χ1v) is 5.09. The van der Waals surface area contributed by atoms with Gasteiger partial charge in [-0.3, -0.25) is 4.98 Å². The fraction of sp³-hybridized carbons (Fsp3) is 0.333. The minimum atomic E-state index is -0.312. The Bertz CT molecular complexity index is 346. The highest BCUT2D eigenvalue weighted by Crippen LogP contribution is 2.20. The molecule has 68 valence electrons. The van der Waals surface area contributed by atoms with Crippen LogP contribution >= 0.6 is 27.5 Å². The Hall–Kier alpha value is -0.590. The minimum absolute atomic E-state index is 0.282. The molecule has 0 fully saturated rings. The van der Waals surface area contributed by atoms with Crippen molar-refractivity contribution in [3.05, 3.63) is 28.0 Å². The first kappa shape index (κ1) is 10.5. The van der Waals surface area contributed by atoms with E-state index in [4.69, 9.17) is 16.9 Å². The predicted molar refractivity (Wildman–Crippen MR) is 55.7 cm³/mol. The Balaban J connectivity index is 3.04. The highest BCUT2D eigenvalue weighted by molar-refractivity contribution is 9.10. The Morgan fingerprint density at radius 1 is 1.77 bits per heavy atom. The smallest absolute Gasteiger partial charge is 0.102 e. The Labute approximate surface area is 90.7 Å². The summed E-state index contributed by atoms with van der Waals surface area (Å²) in [6.07, 6.45) is 1.70. The van der Waals surface area contributed by atoms with Gasteiger partial charge in [-0.2, -0.15) is 5.26 Å². The van der Waals surface area contributed by atoms with Gasteiger partial charge in [-0.25, -0.2) is 0 Å². The highest BCUT2D eigenvalue weighted by atomic mass is 79.9. The van der Waals surface area contributed by atoms with Gasteiger partial charge in [0.25, 0.3) is 0 Å². The molecule has 0 radical (unpaired) electrons. The maximum Gasteiger partial charge on any atom is 0.102 e. The lowest BCUT2D eigenvalue weighted by Crippen LogP contribution is -2.00. The van der Waals surface area contributed by atoms with Crippen LogP contribution < -0.4 is 0 Å². The van der Waals surface area contributed by atoms with E-state index in [1.807, 2.05) is 13.0 Å². The van der Waals surface area contributed by atoms with E-state index in [0.717, 1.165) is 15.7 Å². The molecule has 2 nitrogen and oxygen atoms in total. The van der Waals surface area contributed by atoms with E-state index in [-0.39, 0.29) is 11.8 Å².